The Bertz CT molecular complexity index is 1030. The lowest BCUT2D eigenvalue weighted by Crippen LogP contribution is -2.45. The molecule has 0 fully saturated rings. The van der Waals surface area contributed by atoms with Gasteiger partial charge in [-0.25, -0.2) is 0 Å². The molecule has 2 unspecified atom stereocenters. The van der Waals surface area contributed by atoms with Crippen LogP contribution in [0.1, 0.15) is 354 Å². The van der Waals surface area contributed by atoms with E-state index in [2.05, 4.69) is 31.3 Å². The summed E-state index contributed by atoms with van der Waals surface area (Å²) < 4.78 is 5.46. The fourth-order valence-corrected chi connectivity index (χ4v) is 9.98. The molecule has 0 spiro atoms. The SMILES string of the molecule is CCCC/C=C\CCCCCCCC(=O)OCCCCCCCCCCCCCCCCCCCCCCCCC(=O)NC(CO)C(O)CCCCCCCCCCCCCCCCCCCCC. The molecule has 0 saturated heterocycles. The van der Waals surface area contributed by atoms with Crippen LogP contribution >= 0.6 is 0 Å². The Kier molecular flexibility index (Phi) is 58.0. The van der Waals surface area contributed by atoms with E-state index in [0.29, 0.717) is 25.9 Å². The fraction of sp³-hybridized carbons (Fsp3) is 0.937. The molecule has 0 heterocycles. The van der Waals surface area contributed by atoms with Gasteiger partial charge >= 0.3 is 5.97 Å². The van der Waals surface area contributed by atoms with Crippen LogP contribution in [0.2, 0.25) is 0 Å². The zero-order chi connectivity index (χ0) is 50.0. The number of allylic oxidation sites excluding steroid dienone is 2. The number of nitrogens with one attached hydrogen (secondary N) is 1. The van der Waals surface area contributed by atoms with E-state index in [1.807, 2.05) is 0 Å². The van der Waals surface area contributed by atoms with Crippen molar-refractivity contribution in [3.8, 4) is 0 Å². The minimum atomic E-state index is -0.664. The summed E-state index contributed by atoms with van der Waals surface area (Å²) in [5.41, 5.74) is 0. The van der Waals surface area contributed by atoms with E-state index >= 15 is 0 Å². The van der Waals surface area contributed by atoms with Crippen LogP contribution in [0, 0.1) is 0 Å². The van der Waals surface area contributed by atoms with Crippen LogP contribution in [-0.2, 0) is 14.3 Å². The normalized spacial score (nSPS) is 12.6. The average molecular weight is 975 g/mol. The van der Waals surface area contributed by atoms with Gasteiger partial charge in [-0.05, 0) is 44.9 Å². The third-order valence-corrected chi connectivity index (χ3v) is 14.8. The Morgan fingerprint density at radius 1 is 0.391 bits per heavy atom. The van der Waals surface area contributed by atoms with Crippen molar-refractivity contribution in [2.24, 2.45) is 0 Å². The number of esters is 1. The molecule has 0 radical (unpaired) electrons. The van der Waals surface area contributed by atoms with Crippen LogP contribution in [0.4, 0.5) is 0 Å². The van der Waals surface area contributed by atoms with E-state index in [9.17, 15) is 19.8 Å². The molecule has 0 saturated carbocycles. The first-order valence-corrected chi connectivity index (χ1v) is 31.4. The maximum absolute atomic E-state index is 12.5. The zero-order valence-electron chi connectivity index (χ0n) is 46.8. The molecule has 0 bridgehead atoms. The molecule has 69 heavy (non-hydrogen) atoms. The first-order chi connectivity index (χ1) is 34.0. The second kappa shape index (κ2) is 59.2. The van der Waals surface area contributed by atoms with Gasteiger partial charge in [-0.1, -0.05) is 309 Å². The summed E-state index contributed by atoms with van der Waals surface area (Å²) in [6, 6.07) is -0.541. The summed E-state index contributed by atoms with van der Waals surface area (Å²) in [6.07, 6.45) is 70.8. The number of hydrogen-bond acceptors (Lipinski definition) is 5. The zero-order valence-corrected chi connectivity index (χ0v) is 46.8. The molecule has 2 atom stereocenters. The Hall–Kier alpha value is -1.40. The lowest BCUT2D eigenvalue weighted by molar-refractivity contribution is -0.143. The first kappa shape index (κ1) is 67.6. The minimum Gasteiger partial charge on any atom is -0.466 e. The third-order valence-electron chi connectivity index (χ3n) is 14.8. The highest BCUT2D eigenvalue weighted by atomic mass is 16.5. The second-order valence-electron chi connectivity index (χ2n) is 21.7. The highest BCUT2D eigenvalue weighted by Crippen LogP contribution is 2.18. The molecular weight excluding hydrogens is 851 g/mol. The molecule has 0 aromatic carbocycles. The van der Waals surface area contributed by atoms with Crippen molar-refractivity contribution in [1.82, 2.24) is 5.32 Å². The number of carbonyl (C=O) groups is 2. The Balaban J connectivity index is 3.38. The van der Waals surface area contributed by atoms with Crippen LogP contribution in [0.15, 0.2) is 12.2 Å². The molecule has 6 nitrogen and oxygen atoms in total. The van der Waals surface area contributed by atoms with Gasteiger partial charge in [0.15, 0.2) is 0 Å². The van der Waals surface area contributed by atoms with E-state index in [1.165, 1.54) is 276 Å². The monoisotopic (exact) mass is 974 g/mol. The average Bonchev–Trinajstić information content (AvgIpc) is 3.35. The van der Waals surface area contributed by atoms with E-state index in [-0.39, 0.29) is 18.5 Å². The van der Waals surface area contributed by atoms with Gasteiger partial charge in [0.25, 0.3) is 0 Å². The number of aliphatic hydroxyl groups is 2. The van der Waals surface area contributed by atoms with Gasteiger partial charge in [0, 0.05) is 12.8 Å². The van der Waals surface area contributed by atoms with Crippen molar-refractivity contribution in [2.75, 3.05) is 13.2 Å². The highest BCUT2D eigenvalue weighted by molar-refractivity contribution is 5.76. The van der Waals surface area contributed by atoms with Crippen molar-refractivity contribution in [1.29, 1.82) is 0 Å². The number of hydrogen-bond donors (Lipinski definition) is 3. The Morgan fingerprint density at radius 2 is 0.696 bits per heavy atom. The standard InChI is InChI=1S/C63H123NO5/c1-3-5-7-9-11-13-15-16-17-18-23-26-29-32-36-39-43-47-51-55-61(66)60(59-65)64-62(67)56-52-48-44-40-37-33-30-27-24-21-19-20-22-25-28-31-34-38-42-46-50-54-58-69-63(68)57-53-49-45-41-35-14-12-10-8-6-4-2/h10,12,60-61,65-66H,3-9,11,13-59H2,1-2H3,(H,64,67)/b12-10-. The van der Waals surface area contributed by atoms with Crippen molar-refractivity contribution >= 4 is 11.9 Å². The molecule has 0 aliphatic carbocycles. The smallest absolute Gasteiger partial charge is 0.305 e. The van der Waals surface area contributed by atoms with E-state index < -0.39 is 12.1 Å². The molecule has 6 heteroatoms. The third kappa shape index (κ3) is 55.8. The van der Waals surface area contributed by atoms with Crippen molar-refractivity contribution in [2.45, 2.75) is 366 Å². The maximum Gasteiger partial charge on any atom is 0.305 e. The summed E-state index contributed by atoms with van der Waals surface area (Å²) in [4.78, 5) is 24.5. The largest absolute Gasteiger partial charge is 0.466 e. The second-order valence-corrected chi connectivity index (χ2v) is 21.7. The summed E-state index contributed by atoms with van der Waals surface area (Å²) >= 11 is 0. The number of rotatable bonds is 59. The molecule has 0 rings (SSSR count). The number of unbranched alkanes of at least 4 members (excludes halogenated alkanes) is 46. The molecule has 0 aliphatic heterocycles. The predicted molar refractivity (Wildman–Crippen MR) is 301 cm³/mol. The summed E-state index contributed by atoms with van der Waals surface area (Å²) in [5, 5.41) is 23.4. The number of ether oxygens (including phenoxy) is 1. The van der Waals surface area contributed by atoms with Crippen molar-refractivity contribution < 1.29 is 24.5 Å². The van der Waals surface area contributed by atoms with Crippen LogP contribution in [-0.4, -0.2) is 47.4 Å². The Labute approximate surface area is 431 Å². The van der Waals surface area contributed by atoms with Gasteiger partial charge in [0.1, 0.15) is 0 Å². The van der Waals surface area contributed by atoms with E-state index in [1.54, 1.807) is 0 Å². The lowest BCUT2D eigenvalue weighted by Gasteiger charge is -2.22. The van der Waals surface area contributed by atoms with Gasteiger partial charge in [-0.3, -0.25) is 9.59 Å². The molecular formula is C63H123NO5. The first-order valence-electron chi connectivity index (χ1n) is 31.4. The van der Waals surface area contributed by atoms with Gasteiger partial charge in [-0.15, -0.1) is 0 Å². The quantitative estimate of drug-likeness (QED) is 0.0321. The van der Waals surface area contributed by atoms with Gasteiger partial charge < -0.3 is 20.3 Å². The van der Waals surface area contributed by atoms with Crippen molar-refractivity contribution in [3.63, 3.8) is 0 Å². The van der Waals surface area contributed by atoms with E-state index in [0.717, 1.165) is 44.9 Å². The number of carbonyl (C=O) groups excluding carboxylic acids is 2. The number of amides is 1. The van der Waals surface area contributed by atoms with Crippen LogP contribution < -0.4 is 5.32 Å². The summed E-state index contributed by atoms with van der Waals surface area (Å²) in [6.45, 7) is 4.94. The van der Waals surface area contributed by atoms with Gasteiger partial charge in [0.05, 0.1) is 25.4 Å². The molecule has 3 N–H and O–H groups in total. The van der Waals surface area contributed by atoms with Crippen LogP contribution in [0.25, 0.3) is 0 Å². The van der Waals surface area contributed by atoms with Gasteiger partial charge in [-0.2, -0.15) is 0 Å². The molecule has 0 aromatic heterocycles. The topological polar surface area (TPSA) is 95.9 Å². The fourth-order valence-electron chi connectivity index (χ4n) is 9.98. The maximum atomic E-state index is 12.5. The molecule has 1 amide bonds. The molecule has 0 aromatic rings. The molecule has 410 valence electrons. The summed E-state index contributed by atoms with van der Waals surface area (Å²) in [5.74, 6) is -0.0286. The van der Waals surface area contributed by atoms with Crippen LogP contribution in [0.3, 0.4) is 0 Å². The predicted octanol–water partition coefficient (Wildman–Crippen LogP) is 19.6. The Morgan fingerprint density at radius 3 is 1.07 bits per heavy atom. The van der Waals surface area contributed by atoms with Crippen molar-refractivity contribution in [3.05, 3.63) is 12.2 Å². The van der Waals surface area contributed by atoms with E-state index in [4.69, 9.17) is 4.74 Å². The highest BCUT2D eigenvalue weighted by Gasteiger charge is 2.20. The minimum absolute atomic E-state index is 0.00291. The summed E-state index contributed by atoms with van der Waals surface area (Å²) in [7, 11) is 0. The molecule has 0 aliphatic rings. The van der Waals surface area contributed by atoms with Crippen LogP contribution in [0.5, 0.6) is 0 Å². The lowest BCUT2D eigenvalue weighted by atomic mass is 10.0. The van der Waals surface area contributed by atoms with Gasteiger partial charge in [0.2, 0.25) is 5.91 Å². The number of aliphatic hydroxyl groups excluding tert-OH is 2.